The predicted octanol–water partition coefficient (Wildman–Crippen LogP) is 4.14. The third-order valence-electron chi connectivity index (χ3n) is 4.95. The first-order chi connectivity index (χ1) is 13.8. The van der Waals surface area contributed by atoms with Gasteiger partial charge in [-0.05, 0) is 56.0 Å². The van der Waals surface area contributed by atoms with Crippen molar-refractivity contribution in [2.24, 2.45) is 0 Å². The molecule has 3 heterocycles. The quantitative estimate of drug-likeness (QED) is 0.712. The number of rotatable bonds is 3. The summed E-state index contributed by atoms with van der Waals surface area (Å²) >= 11 is 0. The van der Waals surface area contributed by atoms with Gasteiger partial charge in [-0.2, -0.15) is 13.2 Å². The monoisotopic (exact) mass is 404 g/mol. The van der Waals surface area contributed by atoms with E-state index >= 15 is 0 Å². The second-order valence-electron chi connectivity index (χ2n) is 7.06. The molecule has 0 spiro atoms. The van der Waals surface area contributed by atoms with Crippen LogP contribution in [0.5, 0.6) is 0 Å². The fourth-order valence-corrected chi connectivity index (χ4v) is 3.38. The Morgan fingerprint density at radius 1 is 1.28 bits per heavy atom. The number of hydrogen-bond acceptors (Lipinski definition) is 4. The second kappa shape index (κ2) is 7.47. The van der Waals surface area contributed by atoms with Gasteiger partial charge < -0.3 is 10.1 Å². The predicted molar refractivity (Wildman–Crippen MR) is 100 cm³/mol. The molecule has 1 amide bonds. The lowest BCUT2D eigenvalue weighted by molar-refractivity contribution is -0.242. The molecule has 0 bridgehead atoms. The molecule has 1 fully saturated rings. The van der Waals surface area contributed by atoms with Crippen LogP contribution in [0.25, 0.3) is 16.9 Å². The van der Waals surface area contributed by atoms with Crippen LogP contribution in [-0.4, -0.2) is 38.9 Å². The molecule has 0 unspecified atom stereocenters. The van der Waals surface area contributed by atoms with Crippen LogP contribution in [0.2, 0.25) is 0 Å². The molecule has 152 valence electrons. The van der Waals surface area contributed by atoms with Gasteiger partial charge in [-0.15, -0.1) is 5.10 Å². The standard InChI is InChI=1S/C20H19F3N4O2/c1-12-7-8-13(10-15(12)18-24-11-14-4-3-9-27(14)26-18)25-19(28)16-5-2-6-17(29-16)20(21,22)23/h3-4,7-11,16-17H,2,5-6H2,1H3,(H,25,28)/t16-,17+/m1/s1. The highest BCUT2D eigenvalue weighted by Crippen LogP contribution is 2.32. The van der Waals surface area contributed by atoms with Gasteiger partial charge in [0, 0.05) is 17.4 Å². The summed E-state index contributed by atoms with van der Waals surface area (Å²) in [5.41, 5.74) is 2.92. The van der Waals surface area contributed by atoms with Gasteiger partial charge in [-0.25, -0.2) is 9.50 Å². The van der Waals surface area contributed by atoms with E-state index in [1.807, 2.05) is 19.1 Å². The highest BCUT2D eigenvalue weighted by Gasteiger charge is 2.44. The number of ether oxygens (including phenoxy) is 1. The molecule has 1 aromatic carbocycles. The van der Waals surface area contributed by atoms with Crippen LogP contribution in [0.3, 0.4) is 0 Å². The van der Waals surface area contributed by atoms with Crippen molar-refractivity contribution in [1.29, 1.82) is 0 Å². The number of aryl methyl sites for hydroxylation is 1. The average molecular weight is 404 g/mol. The fraction of sp³-hybridized carbons (Fsp3) is 0.350. The second-order valence-corrected chi connectivity index (χ2v) is 7.06. The van der Waals surface area contributed by atoms with E-state index in [9.17, 15) is 18.0 Å². The van der Waals surface area contributed by atoms with Gasteiger partial charge in [-0.1, -0.05) is 6.07 Å². The number of carbonyl (C=O) groups is 1. The molecule has 0 aliphatic carbocycles. The van der Waals surface area contributed by atoms with Crippen LogP contribution in [0, 0.1) is 6.92 Å². The largest absolute Gasteiger partial charge is 0.414 e. The Labute approximate surface area is 164 Å². The van der Waals surface area contributed by atoms with Gasteiger partial charge in [0.2, 0.25) is 0 Å². The summed E-state index contributed by atoms with van der Waals surface area (Å²) in [6, 6.07) is 8.94. The molecular weight excluding hydrogens is 385 g/mol. The number of benzene rings is 1. The fourth-order valence-electron chi connectivity index (χ4n) is 3.38. The molecule has 6 nitrogen and oxygen atoms in total. The number of halogens is 3. The smallest absolute Gasteiger partial charge is 0.356 e. The lowest BCUT2D eigenvalue weighted by Crippen LogP contribution is -2.43. The van der Waals surface area contributed by atoms with E-state index in [0.29, 0.717) is 11.5 Å². The van der Waals surface area contributed by atoms with Gasteiger partial charge in [0.1, 0.15) is 6.10 Å². The summed E-state index contributed by atoms with van der Waals surface area (Å²) < 4.78 is 45.4. The summed E-state index contributed by atoms with van der Waals surface area (Å²) in [7, 11) is 0. The zero-order valence-corrected chi connectivity index (χ0v) is 15.6. The molecule has 1 aliphatic rings. The van der Waals surface area contributed by atoms with Crippen molar-refractivity contribution in [3.63, 3.8) is 0 Å². The maximum absolute atomic E-state index is 12.9. The van der Waals surface area contributed by atoms with Crippen molar-refractivity contribution >= 4 is 17.1 Å². The zero-order chi connectivity index (χ0) is 20.6. The number of nitrogens with zero attached hydrogens (tertiary/aromatic N) is 3. The molecule has 29 heavy (non-hydrogen) atoms. The molecule has 9 heteroatoms. The van der Waals surface area contributed by atoms with Crippen molar-refractivity contribution in [1.82, 2.24) is 14.6 Å². The van der Waals surface area contributed by atoms with Gasteiger partial charge >= 0.3 is 6.18 Å². The minimum absolute atomic E-state index is 0.124. The Morgan fingerprint density at radius 2 is 2.10 bits per heavy atom. The van der Waals surface area contributed by atoms with E-state index in [2.05, 4.69) is 15.4 Å². The van der Waals surface area contributed by atoms with Gasteiger partial charge in [0.15, 0.2) is 11.9 Å². The van der Waals surface area contributed by atoms with Crippen LogP contribution in [0.15, 0.2) is 42.7 Å². The van der Waals surface area contributed by atoms with E-state index in [1.165, 1.54) is 0 Å². The van der Waals surface area contributed by atoms with E-state index in [1.54, 1.807) is 35.1 Å². The molecule has 1 aliphatic heterocycles. The third kappa shape index (κ3) is 4.09. The van der Waals surface area contributed by atoms with Crippen LogP contribution in [-0.2, 0) is 9.53 Å². The Hall–Kier alpha value is -2.94. The number of aromatic nitrogens is 3. The number of amides is 1. The van der Waals surface area contributed by atoms with E-state index in [0.717, 1.165) is 16.6 Å². The Morgan fingerprint density at radius 3 is 2.90 bits per heavy atom. The summed E-state index contributed by atoms with van der Waals surface area (Å²) in [4.78, 5) is 16.8. The topological polar surface area (TPSA) is 68.5 Å². The minimum Gasteiger partial charge on any atom is -0.356 e. The average Bonchev–Trinajstić information content (AvgIpc) is 3.16. The third-order valence-corrected chi connectivity index (χ3v) is 4.95. The Bertz CT molecular complexity index is 1050. The molecule has 2 aromatic heterocycles. The van der Waals surface area contributed by atoms with Gasteiger partial charge in [0.05, 0.1) is 11.7 Å². The van der Waals surface area contributed by atoms with Gasteiger partial charge in [-0.3, -0.25) is 4.79 Å². The Balaban J connectivity index is 1.53. The van der Waals surface area contributed by atoms with Crippen LogP contribution in [0.4, 0.5) is 18.9 Å². The maximum Gasteiger partial charge on any atom is 0.414 e. The lowest BCUT2D eigenvalue weighted by Gasteiger charge is -2.30. The highest BCUT2D eigenvalue weighted by atomic mass is 19.4. The molecular formula is C20H19F3N4O2. The maximum atomic E-state index is 12.9. The summed E-state index contributed by atoms with van der Waals surface area (Å²) in [5, 5.41) is 7.12. The highest BCUT2D eigenvalue weighted by molar-refractivity contribution is 5.94. The lowest BCUT2D eigenvalue weighted by atomic mass is 10.0. The molecule has 0 saturated carbocycles. The van der Waals surface area contributed by atoms with Gasteiger partial charge in [0.25, 0.3) is 5.91 Å². The van der Waals surface area contributed by atoms with E-state index in [4.69, 9.17) is 4.74 Å². The molecule has 1 N–H and O–H groups in total. The zero-order valence-electron chi connectivity index (χ0n) is 15.6. The number of anilines is 1. The first-order valence-electron chi connectivity index (χ1n) is 9.26. The SMILES string of the molecule is Cc1ccc(NC(=O)[C@H]2CCC[C@@H](C(F)(F)F)O2)cc1-c1ncc2cccn2n1. The van der Waals surface area contributed by atoms with Crippen molar-refractivity contribution in [3.05, 3.63) is 48.3 Å². The molecule has 3 aromatic rings. The van der Waals surface area contributed by atoms with Crippen molar-refractivity contribution in [2.75, 3.05) is 5.32 Å². The molecule has 0 radical (unpaired) electrons. The number of alkyl halides is 3. The number of carbonyl (C=O) groups excluding carboxylic acids is 1. The van der Waals surface area contributed by atoms with Crippen LogP contribution < -0.4 is 5.32 Å². The molecule has 4 rings (SSSR count). The van der Waals surface area contributed by atoms with E-state index < -0.39 is 24.3 Å². The number of hydrogen-bond donors (Lipinski definition) is 1. The number of nitrogens with one attached hydrogen (secondary N) is 1. The van der Waals surface area contributed by atoms with E-state index in [-0.39, 0.29) is 19.3 Å². The van der Waals surface area contributed by atoms with Crippen molar-refractivity contribution in [3.8, 4) is 11.4 Å². The first-order valence-corrected chi connectivity index (χ1v) is 9.26. The molecule has 2 atom stereocenters. The number of fused-ring (bicyclic) bond motifs is 1. The van der Waals surface area contributed by atoms with Crippen LogP contribution >= 0.6 is 0 Å². The summed E-state index contributed by atoms with van der Waals surface area (Å²) in [5.74, 6) is -0.108. The Kier molecular flexibility index (Phi) is 4.99. The summed E-state index contributed by atoms with van der Waals surface area (Å²) in [6.45, 7) is 1.89. The summed E-state index contributed by atoms with van der Waals surface area (Å²) in [6.07, 6.45) is -3.59. The van der Waals surface area contributed by atoms with Crippen molar-refractivity contribution in [2.45, 2.75) is 44.6 Å². The molecule has 1 saturated heterocycles. The van der Waals surface area contributed by atoms with Crippen LogP contribution in [0.1, 0.15) is 24.8 Å². The first kappa shape index (κ1) is 19.4. The van der Waals surface area contributed by atoms with Crippen molar-refractivity contribution < 1.29 is 22.7 Å². The minimum atomic E-state index is -4.47. The normalized spacial score (nSPS) is 20.0.